The van der Waals surface area contributed by atoms with Crippen LogP contribution in [0.25, 0.3) is 6.08 Å². The molecule has 1 N–H and O–H groups in total. The van der Waals surface area contributed by atoms with Crippen molar-refractivity contribution in [2.24, 2.45) is 0 Å². The minimum absolute atomic E-state index is 0.0145. The maximum atomic E-state index is 15.9. The van der Waals surface area contributed by atoms with Gasteiger partial charge in [-0.15, -0.1) is 9.34 Å². The molecule has 1 aliphatic rings. The first kappa shape index (κ1) is 31.9. The number of nitrogens with one attached hydrogen (secondary N) is 1. The fraction of sp³-hybridized carbons (Fsp3) is 0.270. The van der Waals surface area contributed by atoms with Gasteiger partial charge in [-0.05, 0) is 68.2 Å². The molecule has 3 atom stereocenters. The van der Waals surface area contributed by atoms with Crippen molar-refractivity contribution in [3.63, 3.8) is 0 Å². The lowest BCUT2D eigenvalue weighted by atomic mass is 9.92. The molecule has 5 rings (SSSR count). The number of hydrogen-bond acceptors (Lipinski definition) is 5. The standard InChI is InChI=1S/C37H41FN3O2P/c1-27(2)40-36(30-17-10-6-11-18-30)37(31-19-12-7-13-20-31)41(28(3)4)44(40,43)39-35(32-21-14-22-33(38)25-32)26-34(42)24-23-29-15-8-5-9-16-29/h5-25,27-28,35-37H,26H2,1-4H3,(H,39,43)/b24-23+/t35-,36-,37-/m0/s1. The third kappa shape index (κ3) is 6.91. The smallest absolute Gasteiger partial charge is 0.185 e. The molecule has 5 nitrogen and oxygen atoms in total. The summed E-state index contributed by atoms with van der Waals surface area (Å²) >= 11 is 0. The zero-order valence-electron chi connectivity index (χ0n) is 25.8. The Morgan fingerprint density at radius 2 is 1.30 bits per heavy atom. The van der Waals surface area contributed by atoms with Crippen molar-refractivity contribution in [2.45, 2.75) is 64.3 Å². The maximum absolute atomic E-state index is 15.9. The van der Waals surface area contributed by atoms with Crippen LogP contribution in [0.2, 0.25) is 0 Å². The van der Waals surface area contributed by atoms with Crippen molar-refractivity contribution in [3.8, 4) is 0 Å². The van der Waals surface area contributed by atoms with E-state index in [0.29, 0.717) is 5.56 Å². The number of hydrogen-bond donors (Lipinski definition) is 1. The Balaban J connectivity index is 1.61. The number of benzene rings is 4. The van der Waals surface area contributed by atoms with Gasteiger partial charge in [-0.1, -0.05) is 109 Å². The van der Waals surface area contributed by atoms with Gasteiger partial charge in [0.1, 0.15) is 5.82 Å². The molecular weight excluding hydrogens is 568 g/mol. The zero-order valence-corrected chi connectivity index (χ0v) is 26.6. The topological polar surface area (TPSA) is 58.6 Å². The van der Waals surface area contributed by atoms with Gasteiger partial charge in [-0.3, -0.25) is 4.79 Å². The van der Waals surface area contributed by atoms with E-state index in [0.717, 1.165) is 16.7 Å². The summed E-state index contributed by atoms with van der Waals surface area (Å²) in [5.74, 6) is -0.551. The van der Waals surface area contributed by atoms with Gasteiger partial charge in [0.25, 0.3) is 0 Å². The molecule has 0 amide bonds. The Bertz CT molecular complexity index is 1490. The molecule has 1 aliphatic heterocycles. The molecular formula is C37H41FN3O2P. The molecule has 44 heavy (non-hydrogen) atoms. The lowest BCUT2D eigenvalue weighted by Gasteiger charge is -2.45. The quantitative estimate of drug-likeness (QED) is 0.138. The van der Waals surface area contributed by atoms with E-state index in [4.69, 9.17) is 0 Å². The second-order valence-electron chi connectivity index (χ2n) is 11.9. The zero-order chi connectivity index (χ0) is 31.3. The number of ketones is 1. The fourth-order valence-corrected chi connectivity index (χ4v) is 9.90. The van der Waals surface area contributed by atoms with Crippen LogP contribution in [0.4, 0.5) is 4.39 Å². The summed E-state index contributed by atoms with van der Waals surface area (Å²) in [5, 5.41) is 3.51. The van der Waals surface area contributed by atoms with E-state index in [-0.39, 0.29) is 36.4 Å². The highest BCUT2D eigenvalue weighted by Gasteiger charge is 2.62. The van der Waals surface area contributed by atoms with Crippen molar-refractivity contribution in [1.29, 1.82) is 0 Å². The summed E-state index contributed by atoms with van der Waals surface area (Å²) < 4.78 is 18.8. The number of allylic oxidation sites excluding steroid dienone is 1. The first-order chi connectivity index (χ1) is 21.2. The Morgan fingerprint density at radius 1 is 0.795 bits per heavy atom. The first-order valence-corrected chi connectivity index (χ1v) is 16.9. The van der Waals surface area contributed by atoms with Crippen LogP contribution in [-0.2, 0) is 4.79 Å². The third-order valence-electron chi connectivity index (χ3n) is 8.08. The summed E-state index contributed by atoms with van der Waals surface area (Å²) in [6.07, 6.45) is 3.34. The van der Waals surface area contributed by atoms with E-state index in [1.807, 2.05) is 66.7 Å². The van der Waals surface area contributed by atoms with Gasteiger partial charge in [0, 0.05) is 18.5 Å². The van der Waals surface area contributed by atoms with Crippen LogP contribution < -0.4 is 9.98 Å². The second-order valence-corrected chi connectivity index (χ2v) is 14.1. The summed E-state index contributed by atoms with van der Waals surface area (Å²) in [7, 11) is -3.60. The van der Waals surface area contributed by atoms with Gasteiger partial charge in [0.15, 0.2) is 13.7 Å². The minimum Gasteiger partial charge on any atom is -0.636 e. The Kier molecular flexibility index (Phi) is 10.2. The lowest BCUT2D eigenvalue weighted by Crippen LogP contribution is -2.48. The number of nitrogens with zero attached hydrogens (tertiary/aromatic N) is 2. The van der Waals surface area contributed by atoms with Crippen molar-refractivity contribution in [2.75, 3.05) is 0 Å². The highest BCUT2D eigenvalue weighted by molar-refractivity contribution is 7.62. The molecule has 0 unspecified atom stereocenters. The highest BCUT2D eigenvalue weighted by Crippen LogP contribution is 2.72. The predicted octanol–water partition coefficient (Wildman–Crippen LogP) is 8.08. The SMILES string of the molecule is CC(C)N1[C@@H](c2ccccc2)[C@H](c2ccccc2)N(C(C)C)[P+]1([O-])N[C@@H](CC(=O)/C=C/c1ccccc1)c1cccc(F)c1. The fourth-order valence-electron chi connectivity index (χ4n) is 6.31. The molecule has 0 aromatic heterocycles. The average Bonchev–Trinajstić information content (AvgIpc) is 3.30. The molecule has 1 saturated heterocycles. The molecule has 4 aromatic carbocycles. The Hall–Kier alpha value is -3.51. The van der Waals surface area contributed by atoms with Gasteiger partial charge in [-0.25, -0.2) is 4.39 Å². The van der Waals surface area contributed by atoms with Gasteiger partial charge in [0.05, 0.1) is 18.1 Å². The van der Waals surface area contributed by atoms with Crippen molar-refractivity contribution in [1.82, 2.24) is 14.4 Å². The molecule has 228 valence electrons. The van der Waals surface area contributed by atoms with E-state index in [9.17, 15) is 9.18 Å². The summed E-state index contributed by atoms with van der Waals surface area (Å²) in [6, 6.07) is 34.8. The molecule has 4 aromatic rings. The van der Waals surface area contributed by atoms with Crippen molar-refractivity contribution < 1.29 is 14.1 Å². The molecule has 1 heterocycles. The number of halogens is 1. The number of carbonyl (C=O) groups excluding carboxylic acids is 1. The van der Waals surface area contributed by atoms with E-state index in [1.165, 1.54) is 12.1 Å². The normalized spacial score (nSPS) is 19.6. The van der Waals surface area contributed by atoms with Crippen LogP contribution in [0.3, 0.4) is 0 Å². The lowest BCUT2D eigenvalue weighted by molar-refractivity contribution is -0.198. The summed E-state index contributed by atoms with van der Waals surface area (Å²) in [5.41, 5.74) is 3.61. The predicted molar refractivity (Wildman–Crippen MR) is 177 cm³/mol. The molecule has 1 fully saturated rings. The average molecular weight is 610 g/mol. The van der Waals surface area contributed by atoms with Crippen LogP contribution >= 0.6 is 7.94 Å². The van der Waals surface area contributed by atoms with Gasteiger partial charge >= 0.3 is 0 Å². The molecule has 7 heteroatoms. The summed E-state index contributed by atoms with van der Waals surface area (Å²) in [4.78, 5) is 29.3. The number of carbonyl (C=O) groups is 1. The van der Waals surface area contributed by atoms with E-state index < -0.39 is 19.8 Å². The van der Waals surface area contributed by atoms with Crippen molar-refractivity contribution >= 4 is 19.8 Å². The summed E-state index contributed by atoms with van der Waals surface area (Å²) in [6.45, 7) is 8.23. The largest absolute Gasteiger partial charge is 0.636 e. The van der Waals surface area contributed by atoms with Crippen LogP contribution in [0.1, 0.15) is 74.5 Å². The highest BCUT2D eigenvalue weighted by atomic mass is 31.2. The van der Waals surface area contributed by atoms with E-state index >= 15 is 4.89 Å². The molecule has 0 bridgehead atoms. The van der Waals surface area contributed by atoms with Crippen LogP contribution in [0.5, 0.6) is 0 Å². The molecule has 0 spiro atoms. The number of rotatable bonds is 11. The van der Waals surface area contributed by atoms with E-state index in [2.05, 4.69) is 66.4 Å². The van der Waals surface area contributed by atoms with Crippen LogP contribution in [0, 0.1) is 5.82 Å². The van der Waals surface area contributed by atoms with Gasteiger partial charge in [0.2, 0.25) is 0 Å². The van der Waals surface area contributed by atoms with Gasteiger partial charge in [-0.2, -0.15) is 5.09 Å². The minimum atomic E-state index is -3.60. The van der Waals surface area contributed by atoms with E-state index in [1.54, 1.807) is 24.3 Å². The molecule has 0 aliphatic carbocycles. The second kappa shape index (κ2) is 14.1. The Labute approximate surface area is 261 Å². The molecule has 0 radical (unpaired) electrons. The van der Waals surface area contributed by atoms with Crippen molar-refractivity contribution in [3.05, 3.63) is 149 Å². The monoisotopic (exact) mass is 609 g/mol. The maximum Gasteiger partial charge on any atom is 0.185 e. The van der Waals surface area contributed by atoms with Crippen LogP contribution in [0.15, 0.2) is 121 Å². The molecule has 0 saturated carbocycles. The third-order valence-corrected chi connectivity index (χ3v) is 11.4. The van der Waals surface area contributed by atoms with Gasteiger partial charge < -0.3 is 4.89 Å². The Morgan fingerprint density at radius 3 is 1.77 bits per heavy atom. The first-order valence-electron chi connectivity index (χ1n) is 15.3. The van der Waals surface area contributed by atoms with Crippen LogP contribution in [-0.4, -0.2) is 27.2 Å².